The molecule has 1 aliphatic carbocycles. The van der Waals surface area contributed by atoms with Crippen molar-refractivity contribution in [3.8, 4) is 80.5 Å². The van der Waals surface area contributed by atoms with Crippen LogP contribution in [0.4, 0.5) is 0 Å². The molecule has 0 spiro atoms. The summed E-state index contributed by atoms with van der Waals surface area (Å²) in [7, 11) is 0. The Hall–Kier alpha value is -10.4. The molecule has 0 radical (unpaired) electrons. The van der Waals surface area contributed by atoms with Crippen LogP contribution < -0.4 is 28.4 Å². The highest BCUT2D eigenvalue weighted by Crippen LogP contribution is 2.58. The van der Waals surface area contributed by atoms with Crippen molar-refractivity contribution < 1.29 is 128 Å². The third-order valence-electron chi connectivity index (χ3n) is 13.8. The molecule has 0 saturated heterocycles. The second-order valence-corrected chi connectivity index (χ2v) is 19.1. The summed E-state index contributed by atoms with van der Waals surface area (Å²) in [5, 5.41) is 139. The molecule has 8 atom stereocenters. The standard InChI is InChI=1S/C55H40O26/c56-27-17-29-46(35(63)19-27)81-55(26-6-8-31(59)33(61)16-26)52(72,48(29)67)76-39-13-24(2-10-38(39)79-55)4-12-44(66)75-47-36(64)21-51(71,50(69)70)22-42(47)74-43(65)11-3-23-1-9-37-40(14-23)77-53(73)49(68)45-34(62)18-28(57)20-41(45)80-54(53,78-37)25-5-7-30(58)32(60)15-25/h1-20,36,42,47,56-64,71-73H,21-22H2,(H,69,70)/t36-,42-,47-,51+,52?,53?,54?,55?/m1/s1. The molecule has 4 heterocycles. The number of benzene rings is 6. The predicted molar refractivity (Wildman–Crippen MR) is 263 cm³/mol. The molecule has 0 bridgehead atoms. The number of hydrogen-bond acceptors (Lipinski definition) is 25. The van der Waals surface area contributed by atoms with Crippen molar-refractivity contribution in [2.45, 2.75) is 59.9 Å². The van der Waals surface area contributed by atoms with Crippen LogP contribution in [0.3, 0.4) is 0 Å². The first-order valence-electron chi connectivity index (χ1n) is 23.8. The number of carbonyl (C=O) groups excluding carboxylic acids is 4. The minimum atomic E-state index is -3.22. The van der Waals surface area contributed by atoms with Crippen molar-refractivity contribution in [1.82, 2.24) is 0 Å². The van der Waals surface area contributed by atoms with Gasteiger partial charge in [-0.15, -0.1) is 0 Å². The summed E-state index contributed by atoms with van der Waals surface area (Å²) in [5.74, 6) is -26.3. The average molecular weight is 1120 g/mol. The van der Waals surface area contributed by atoms with E-state index >= 15 is 0 Å². The first kappa shape index (κ1) is 52.6. The number of aliphatic hydroxyl groups is 4. The lowest BCUT2D eigenvalue weighted by Gasteiger charge is -2.50. The molecular weight excluding hydrogens is 1080 g/mol. The number of aromatic hydroxyl groups is 8. The summed E-state index contributed by atoms with van der Waals surface area (Å²) in [4.78, 5) is 67.3. The van der Waals surface area contributed by atoms with E-state index in [9.17, 15) is 90.4 Å². The first-order chi connectivity index (χ1) is 38.3. The Morgan fingerprint density at radius 2 is 1.01 bits per heavy atom. The predicted octanol–water partition coefficient (Wildman–Crippen LogP) is 3.03. The zero-order chi connectivity index (χ0) is 57.9. The molecule has 11 rings (SSSR count). The van der Waals surface area contributed by atoms with Crippen LogP contribution in [0.1, 0.15) is 55.8 Å². The van der Waals surface area contributed by atoms with Gasteiger partial charge in [0, 0.05) is 54.3 Å². The molecule has 4 aliphatic heterocycles. The van der Waals surface area contributed by atoms with Crippen molar-refractivity contribution >= 4 is 41.6 Å². The maximum atomic E-state index is 14.1. The minimum Gasteiger partial charge on any atom is -0.508 e. The van der Waals surface area contributed by atoms with Crippen LogP contribution in [0.25, 0.3) is 12.2 Å². The zero-order valence-electron chi connectivity index (χ0n) is 40.8. The number of Topliss-reactive ketones (excluding diaryl/α,β-unsaturated/α-hetero) is 2. The number of esters is 2. The van der Waals surface area contributed by atoms with E-state index in [1.165, 1.54) is 36.4 Å². The Balaban J connectivity index is 0.822. The van der Waals surface area contributed by atoms with Gasteiger partial charge >= 0.3 is 41.1 Å². The lowest BCUT2D eigenvalue weighted by atomic mass is 9.79. The molecule has 26 heteroatoms. The van der Waals surface area contributed by atoms with E-state index in [-0.39, 0.29) is 45.3 Å². The Bertz CT molecular complexity index is 3800. The first-order valence-corrected chi connectivity index (χ1v) is 23.8. The Labute approximate surface area is 451 Å². The van der Waals surface area contributed by atoms with Crippen LogP contribution in [0, 0.1) is 0 Å². The minimum absolute atomic E-state index is 0.0821. The lowest BCUT2D eigenvalue weighted by Crippen LogP contribution is -2.70. The Morgan fingerprint density at radius 3 is 1.57 bits per heavy atom. The lowest BCUT2D eigenvalue weighted by molar-refractivity contribution is -0.316. The highest BCUT2D eigenvalue weighted by Gasteiger charge is 2.72. The van der Waals surface area contributed by atoms with Gasteiger partial charge in [0.1, 0.15) is 34.7 Å². The third kappa shape index (κ3) is 8.31. The summed E-state index contributed by atoms with van der Waals surface area (Å²) in [6.45, 7) is 0. The molecule has 1 fully saturated rings. The normalized spacial score (nSPS) is 26.7. The number of ketones is 2. The number of hydrogen-bond donors (Lipinski definition) is 13. The highest BCUT2D eigenvalue weighted by atomic mass is 16.8. The number of ether oxygens (including phenoxy) is 8. The number of aliphatic hydroxyl groups excluding tert-OH is 1. The number of fused-ring (bicyclic) bond motifs is 6. The SMILES string of the molecule is O=C(C=Cc1ccc2c(c1)OC1(O)C(=O)c3cc(O)cc(O)c3OC1(c1ccc(O)c(O)c1)O2)O[C@@H]1[C@H](O)C[C@@](O)(C(=O)O)C[C@H]1OC(=O)C=Cc1ccc2c(c1)OC1(O)C(=O)c3c(O)cc(O)cc3OC1(c1ccc(O)c(O)c1)O2. The maximum Gasteiger partial charge on any atom is 0.357 e. The van der Waals surface area contributed by atoms with Gasteiger partial charge in [0.15, 0.2) is 69.2 Å². The van der Waals surface area contributed by atoms with Crippen molar-refractivity contribution in [3.05, 3.63) is 143 Å². The zero-order valence-corrected chi connectivity index (χ0v) is 40.8. The molecule has 5 aliphatic rings. The Kier molecular flexibility index (Phi) is 11.9. The second-order valence-electron chi connectivity index (χ2n) is 19.1. The second kappa shape index (κ2) is 18.3. The summed E-state index contributed by atoms with van der Waals surface area (Å²) >= 11 is 0. The van der Waals surface area contributed by atoms with Crippen LogP contribution in [0.2, 0.25) is 0 Å². The van der Waals surface area contributed by atoms with Crippen molar-refractivity contribution in [2.75, 3.05) is 0 Å². The maximum absolute atomic E-state index is 14.1. The van der Waals surface area contributed by atoms with E-state index in [4.69, 9.17) is 37.9 Å². The number of carboxylic acid groups (broad SMARTS) is 1. The molecule has 6 aromatic carbocycles. The molecule has 0 aromatic heterocycles. The summed E-state index contributed by atoms with van der Waals surface area (Å²) in [5.41, 5.74) is -4.29. The highest BCUT2D eigenvalue weighted by molar-refractivity contribution is 6.09. The molecule has 416 valence electrons. The van der Waals surface area contributed by atoms with Gasteiger partial charge < -0.3 is 104 Å². The van der Waals surface area contributed by atoms with Crippen molar-refractivity contribution in [2.24, 2.45) is 0 Å². The van der Waals surface area contributed by atoms with Gasteiger partial charge in [0.05, 0.1) is 11.7 Å². The van der Waals surface area contributed by atoms with Gasteiger partial charge in [-0.3, -0.25) is 9.59 Å². The Morgan fingerprint density at radius 1 is 0.506 bits per heavy atom. The number of aliphatic carboxylic acids is 1. The number of carboxylic acids is 1. The largest absolute Gasteiger partial charge is 0.508 e. The van der Waals surface area contributed by atoms with Crippen LogP contribution in [0.5, 0.6) is 80.5 Å². The van der Waals surface area contributed by atoms with Crippen LogP contribution in [0.15, 0.2) is 109 Å². The molecule has 26 nitrogen and oxygen atoms in total. The van der Waals surface area contributed by atoms with Gasteiger partial charge in [-0.05, 0) is 90.0 Å². The van der Waals surface area contributed by atoms with E-state index < -0.39 is 158 Å². The van der Waals surface area contributed by atoms with Gasteiger partial charge in [0.25, 0.3) is 5.78 Å². The van der Waals surface area contributed by atoms with E-state index in [2.05, 4.69) is 0 Å². The van der Waals surface area contributed by atoms with Crippen LogP contribution in [-0.2, 0) is 35.4 Å². The number of rotatable bonds is 9. The average Bonchev–Trinajstić information content (AvgIpc) is 3.00. The van der Waals surface area contributed by atoms with Gasteiger partial charge in [-0.2, -0.15) is 0 Å². The van der Waals surface area contributed by atoms with Gasteiger partial charge in [0.2, 0.25) is 5.78 Å². The molecule has 6 aromatic rings. The third-order valence-corrected chi connectivity index (χ3v) is 13.8. The molecule has 81 heavy (non-hydrogen) atoms. The summed E-state index contributed by atoms with van der Waals surface area (Å²) in [6, 6.07) is 17.0. The summed E-state index contributed by atoms with van der Waals surface area (Å²) < 4.78 is 46.9. The quantitative estimate of drug-likeness (QED) is 0.0562. The van der Waals surface area contributed by atoms with Gasteiger partial charge in [-0.1, -0.05) is 12.1 Å². The summed E-state index contributed by atoms with van der Waals surface area (Å²) in [6.07, 6.45) is -3.53. The molecule has 13 N–H and O–H groups in total. The van der Waals surface area contributed by atoms with Gasteiger partial charge in [-0.25, -0.2) is 14.4 Å². The fourth-order valence-electron chi connectivity index (χ4n) is 9.93. The smallest absolute Gasteiger partial charge is 0.357 e. The van der Waals surface area contributed by atoms with Crippen molar-refractivity contribution in [3.63, 3.8) is 0 Å². The molecule has 4 unspecified atom stereocenters. The fourth-order valence-corrected chi connectivity index (χ4v) is 9.93. The molecule has 1 saturated carbocycles. The fraction of sp³-hybridized carbons (Fsp3) is 0.182. The van der Waals surface area contributed by atoms with E-state index in [0.717, 1.165) is 85.0 Å². The van der Waals surface area contributed by atoms with E-state index in [0.29, 0.717) is 0 Å². The molecular formula is C55H40O26. The monoisotopic (exact) mass is 1120 g/mol. The number of carbonyl (C=O) groups is 5. The topological polar surface area (TPSA) is 422 Å². The van der Waals surface area contributed by atoms with Crippen LogP contribution in [-0.4, -0.2) is 131 Å². The number of phenolic OH excluding ortho intramolecular Hbond substituents is 8. The van der Waals surface area contributed by atoms with E-state index in [1.807, 2.05) is 0 Å². The molecule has 0 amide bonds. The number of phenols is 8. The van der Waals surface area contributed by atoms with Crippen LogP contribution >= 0.6 is 0 Å². The van der Waals surface area contributed by atoms with E-state index in [1.54, 1.807) is 0 Å². The van der Waals surface area contributed by atoms with Crippen molar-refractivity contribution in [1.29, 1.82) is 0 Å².